The lowest BCUT2D eigenvalue weighted by atomic mass is 10.2. The SMILES string of the molecule is O=C(O)[C@@H]1CSCN1C(=O)N1CCOc2ccccc2C1. The van der Waals surface area contributed by atoms with Gasteiger partial charge >= 0.3 is 12.0 Å². The van der Waals surface area contributed by atoms with Crippen LogP contribution in [0.15, 0.2) is 24.3 Å². The Labute approximate surface area is 126 Å². The van der Waals surface area contributed by atoms with Gasteiger partial charge in [0.25, 0.3) is 0 Å². The minimum absolute atomic E-state index is 0.229. The predicted octanol–water partition coefficient (Wildman–Crippen LogP) is 1.46. The Balaban J connectivity index is 1.77. The van der Waals surface area contributed by atoms with Crippen LogP contribution in [0.3, 0.4) is 0 Å². The van der Waals surface area contributed by atoms with E-state index in [1.807, 2.05) is 24.3 Å². The minimum atomic E-state index is -0.945. The van der Waals surface area contributed by atoms with Crippen LogP contribution >= 0.6 is 11.8 Å². The second-order valence-electron chi connectivity index (χ2n) is 4.98. The van der Waals surface area contributed by atoms with Crippen molar-refractivity contribution in [1.82, 2.24) is 9.80 Å². The second-order valence-corrected chi connectivity index (χ2v) is 5.98. The Morgan fingerprint density at radius 1 is 1.33 bits per heavy atom. The molecule has 1 aromatic rings. The van der Waals surface area contributed by atoms with Crippen LogP contribution < -0.4 is 4.74 Å². The Hall–Kier alpha value is -1.89. The Morgan fingerprint density at radius 2 is 2.14 bits per heavy atom. The van der Waals surface area contributed by atoms with E-state index in [2.05, 4.69) is 0 Å². The number of fused-ring (bicyclic) bond motifs is 1. The molecule has 0 spiro atoms. The Kier molecular flexibility index (Phi) is 3.92. The molecule has 2 aliphatic heterocycles. The molecule has 112 valence electrons. The molecule has 1 aromatic carbocycles. The zero-order valence-electron chi connectivity index (χ0n) is 11.4. The molecule has 1 fully saturated rings. The molecule has 0 unspecified atom stereocenters. The smallest absolute Gasteiger partial charge is 0.327 e. The van der Waals surface area contributed by atoms with Crippen molar-refractivity contribution in [3.8, 4) is 5.75 Å². The lowest BCUT2D eigenvalue weighted by Crippen LogP contribution is -2.49. The molecule has 0 radical (unpaired) electrons. The number of carbonyl (C=O) groups excluding carboxylic acids is 1. The molecule has 3 rings (SSSR count). The monoisotopic (exact) mass is 308 g/mol. The van der Waals surface area contributed by atoms with E-state index in [1.165, 1.54) is 16.7 Å². The molecule has 0 aromatic heterocycles. The second kappa shape index (κ2) is 5.85. The van der Waals surface area contributed by atoms with Crippen molar-refractivity contribution >= 4 is 23.8 Å². The number of benzene rings is 1. The van der Waals surface area contributed by atoms with Gasteiger partial charge in [-0.2, -0.15) is 0 Å². The number of hydrogen-bond donors (Lipinski definition) is 1. The number of aliphatic carboxylic acids is 1. The van der Waals surface area contributed by atoms with Gasteiger partial charge in [0.1, 0.15) is 18.4 Å². The number of thioether (sulfide) groups is 1. The minimum Gasteiger partial charge on any atom is -0.491 e. The topological polar surface area (TPSA) is 70.1 Å². The summed E-state index contributed by atoms with van der Waals surface area (Å²) in [6.07, 6.45) is 0. The van der Waals surface area contributed by atoms with Gasteiger partial charge in [-0.05, 0) is 6.07 Å². The number of rotatable bonds is 1. The van der Waals surface area contributed by atoms with Crippen LogP contribution in [-0.2, 0) is 11.3 Å². The number of carboxylic acids is 1. The van der Waals surface area contributed by atoms with E-state index < -0.39 is 12.0 Å². The maximum atomic E-state index is 12.6. The van der Waals surface area contributed by atoms with Gasteiger partial charge in [0, 0.05) is 11.3 Å². The molecule has 0 saturated carbocycles. The first-order valence-corrected chi connectivity index (χ1v) is 7.89. The van der Waals surface area contributed by atoms with Crippen molar-refractivity contribution in [3.63, 3.8) is 0 Å². The van der Waals surface area contributed by atoms with Gasteiger partial charge < -0.3 is 19.6 Å². The summed E-state index contributed by atoms with van der Waals surface area (Å²) in [5.41, 5.74) is 0.946. The summed E-state index contributed by atoms with van der Waals surface area (Å²) in [6.45, 7) is 1.32. The molecule has 1 atom stereocenters. The predicted molar refractivity (Wildman–Crippen MR) is 78.3 cm³/mol. The number of ether oxygens (including phenoxy) is 1. The number of hydrogen-bond acceptors (Lipinski definition) is 4. The molecule has 0 aliphatic carbocycles. The summed E-state index contributed by atoms with van der Waals surface area (Å²) < 4.78 is 5.63. The third-order valence-electron chi connectivity index (χ3n) is 3.64. The zero-order chi connectivity index (χ0) is 14.8. The van der Waals surface area contributed by atoms with Gasteiger partial charge in [-0.25, -0.2) is 9.59 Å². The number of carboxylic acid groups (broad SMARTS) is 1. The standard InChI is InChI=1S/C14H16N2O4S/c17-13(18)11-8-21-9-16(11)14(19)15-5-6-20-12-4-2-1-3-10(12)7-15/h1-4,11H,5-9H2,(H,17,18)/t11-/m0/s1. The van der Waals surface area contributed by atoms with Crippen molar-refractivity contribution in [3.05, 3.63) is 29.8 Å². The van der Waals surface area contributed by atoms with Crippen molar-refractivity contribution < 1.29 is 19.4 Å². The summed E-state index contributed by atoms with van der Waals surface area (Å²) in [4.78, 5) is 26.9. The normalized spacial score (nSPS) is 21.4. The van der Waals surface area contributed by atoms with E-state index in [1.54, 1.807) is 4.90 Å². The average Bonchev–Trinajstić information content (AvgIpc) is 2.87. The van der Waals surface area contributed by atoms with Gasteiger partial charge in [0.05, 0.1) is 19.0 Å². The first kappa shape index (κ1) is 14.1. The van der Waals surface area contributed by atoms with Gasteiger partial charge in [-0.15, -0.1) is 11.8 Å². The highest BCUT2D eigenvalue weighted by atomic mass is 32.2. The molecule has 2 amide bonds. The third-order valence-corrected chi connectivity index (χ3v) is 4.65. The van der Waals surface area contributed by atoms with Crippen molar-refractivity contribution in [2.75, 3.05) is 24.8 Å². The van der Waals surface area contributed by atoms with Crippen molar-refractivity contribution in [2.24, 2.45) is 0 Å². The first-order valence-electron chi connectivity index (χ1n) is 6.73. The average molecular weight is 308 g/mol. The zero-order valence-corrected chi connectivity index (χ0v) is 12.2. The molecule has 7 heteroatoms. The highest BCUT2D eigenvalue weighted by molar-refractivity contribution is 7.99. The van der Waals surface area contributed by atoms with E-state index in [-0.39, 0.29) is 6.03 Å². The van der Waals surface area contributed by atoms with E-state index in [9.17, 15) is 14.7 Å². The van der Waals surface area contributed by atoms with Crippen LogP contribution in [0.2, 0.25) is 0 Å². The van der Waals surface area contributed by atoms with Gasteiger partial charge in [0.15, 0.2) is 0 Å². The molecule has 2 aliphatic rings. The lowest BCUT2D eigenvalue weighted by Gasteiger charge is -2.28. The number of para-hydroxylation sites is 1. The van der Waals surface area contributed by atoms with Gasteiger partial charge in [-0.3, -0.25) is 0 Å². The van der Waals surface area contributed by atoms with Crippen LogP contribution in [-0.4, -0.2) is 57.7 Å². The fourth-order valence-electron chi connectivity index (χ4n) is 2.51. The Bertz CT molecular complexity index is 566. The summed E-state index contributed by atoms with van der Waals surface area (Å²) in [5.74, 6) is 0.717. The summed E-state index contributed by atoms with van der Waals surface area (Å²) in [5, 5.41) is 9.19. The van der Waals surface area contributed by atoms with Gasteiger partial charge in [0.2, 0.25) is 0 Å². The summed E-state index contributed by atoms with van der Waals surface area (Å²) >= 11 is 1.47. The largest absolute Gasteiger partial charge is 0.491 e. The lowest BCUT2D eigenvalue weighted by molar-refractivity contribution is -0.140. The van der Waals surface area contributed by atoms with Crippen molar-refractivity contribution in [1.29, 1.82) is 0 Å². The molecule has 0 bridgehead atoms. The highest BCUT2D eigenvalue weighted by Gasteiger charge is 2.37. The first-order chi connectivity index (χ1) is 10.2. The fraction of sp³-hybridized carbons (Fsp3) is 0.429. The van der Waals surface area contributed by atoms with E-state index in [4.69, 9.17) is 4.74 Å². The molecule has 21 heavy (non-hydrogen) atoms. The number of amides is 2. The quantitative estimate of drug-likeness (QED) is 0.850. The molecule has 6 nitrogen and oxygen atoms in total. The summed E-state index contributed by atoms with van der Waals surface area (Å²) in [6, 6.07) is 6.65. The molecular formula is C14H16N2O4S. The maximum absolute atomic E-state index is 12.6. The fourth-order valence-corrected chi connectivity index (χ4v) is 3.64. The van der Waals surface area contributed by atoms with E-state index >= 15 is 0 Å². The maximum Gasteiger partial charge on any atom is 0.327 e. The van der Waals surface area contributed by atoms with E-state index in [0.717, 1.165) is 11.3 Å². The van der Waals surface area contributed by atoms with Gasteiger partial charge in [-0.1, -0.05) is 18.2 Å². The van der Waals surface area contributed by atoms with Crippen LogP contribution in [0.5, 0.6) is 5.75 Å². The molecular weight excluding hydrogens is 292 g/mol. The van der Waals surface area contributed by atoms with Crippen molar-refractivity contribution in [2.45, 2.75) is 12.6 Å². The molecule has 1 saturated heterocycles. The molecule has 1 N–H and O–H groups in total. The Morgan fingerprint density at radius 3 is 2.95 bits per heavy atom. The van der Waals surface area contributed by atoms with Crippen LogP contribution in [0.1, 0.15) is 5.56 Å². The summed E-state index contributed by atoms with van der Waals surface area (Å²) in [7, 11) is 0. The highest BCUT2D eigenvalue weighted by Crippen LogP contribution is 2.26. The number of urea groups is 1. The van der Waals surface area contributed by atoms with Crippen LogP contribution in [0, 0.1) is 0 Å². The third kappa shape index (κ3) is 2.78. The molecule has 2 heterocycles. The van der Waals surface area contributed by atoms with Crippen LogP contribution in [0.25, 0.3) is 0 Å². The number of nitrogens with zero attached hydrogens (tertiary/aromatic N) is 2. The van der Waals surface area contributed by atoms with Crippen LogP contribution in [0.4, 0.5) is 4.79 Å². The van der Waals surface area contributed by atoms with E-state index in [0.29, 0.717) is 31.3 Å². The number of carbonyl (C=O) groups is 2.